The average molecular weight is 243 g/mol. The topological polar surface area (TPSA) is 26.3 Å². The monoisotopic (exact) mass is 242 g/mol. The summed E-state index contributed by atoms with van der Waals surface area (Å²) in [6, 6.07) is 1.99. The first-order valence-corrected chi connectivity index (χ1v) is 3.92. The third kappa shape index (κ3) is 3.39. The van der Waals surface area contributed by atoms with Gasteiger partial charge in [-0.1, -0.05) is 0 Å². The molecule has 0 aliphatic carbocycles. The maximum atomic E-state index is 12.8. The van der Waals surface area contributed by atoms with Gasteiger partial charge in [0.05, 0.1) is 5.56 Å². The van der Waals surface area contributed by atoms with Gasteiger partial charge in [-0.3, -0.25) is 4.79 Å². The third-order valence-corrected chi connectivity index (χ3v) is 1.59. The molecule has 1 aromatic carbocycles. The van der Waals surface area contributed by atoms with Crippen LogP contribution in [0.15, 0.2) is 18.2 Å². The van der Waals surface area contributed by atoms with Gasteiger partial charge in [0, 0.05) is 0 Å². The van der Waals surface area contributed by atoms with E-state index < -0.39 is 28.7 Å². The van der Waals surface area contributed by atoms with Crippen molar-refractivity contribution < 1.29 is 27.1 Å². The number of ether oxygens (including phenoxy) is 1. The van der Waals surface area contributed by atoms with Gasteiger partial charge in [0.15, 0.2) is 0 Å². The van der Waals surface area contributed by atoms with E-state index in [9.17, 15) is 22.4 Å². The van der Waals surface area contributed by atoms with Crippen LogP contribution < -0.4 is 4.74 Å². The first-order valence-electron chi connectivity index (χ1n) is 3.55. The summed E-state index contributed by atoms with van der Waals surface area (Å²) in [4.78, 5) is 10.6. The highest BCUT2D eigenvalue weighted by atomic mass is 35.5. The van der Waals surface area contributed by atoms with E-state index in [1.165, 1.54) is 0 Å². The molecule has 82 valence electrons. The van der Waals surface area contributed by atoms with E-state index in [1.54, 1.807) is 0 Å². The van der Waals surface area contributed by atoms with Gasteiger partial charge >= 0.3 is 6.36 Å². The highest BCUT2D eigenvalue weighted by Gasteiger charge is 2.31. The summed E-state index contributed by atoms with van der Waals surface area (Å²) in [5, 5.41) is -1.19. The van der Waals surface area contributed by atoms with Crippen molar-refractivity contribution in [2.75, 3.05) is 0 Å². The van der Waals surface area contributed by atoms with Crippen molar-refractivity contribution in [3.63, 3.8) is 0 Å². The van der Waals surface area contributed by atoms with Gasteiger partial charge in [-0.25, -0.2) is 4.39 Å². The number of halogens is 5. The number of carbonyl (C=O) groups excluding carboxylic acids is 1. The maximum absolute atomic E-state index is 12.8. The summed E-state index contributed by atoms with van der Waals surface area (Å²) < 4.78 is 51.5. The van der Waals surface area contributed by atoms with E-state index in [-0.39, 0.29) is 0 Å². The standard InChI is InChI=1S/C8H3ClF4O2/c9-7(14)5-3-4(1-2-6(5)10)15-8(11,12)13/h1-3H. The largest absolute Gasteiger partial charge is 0.573 e. The van der Waals surface area contributed by atoms with Crippen molar-refractivity contribution in [2.45, 2.75) is 6.36 Å². The zero-order chi connectivity index (χ0) is 11.6. The summed E-state index contributed by atoms with van der Waals surface area (Å²) in [6.45, 7) is 0. The molecule has 0 saturated carbocycles. The number of benzene rings is 1. The Hall–Kier alpha value is -1.30. The van der Waals surface area contributed by atoms with Gasteiger partial charge in [0.25, 0.3) is 5.24 Å². The van der Waals surface area contributed by atoms with Gasteiger partial charge in [-0.2, -0.15) is 0 Å². The number of carbonyl (C=O) groups is 1. The molecule has 0 amide bonds. The van der Waals surface area contributed by atoms with Crippen LogP contribution in [0.25, 0.3) is 0 Å². The van der Waals surface area contributed by atoms with Crippen molar-refractivity contribution in [1.82, 2.24) is 0 Å². The van der Waals surface area contributed by atoms with E-state index in [0.29, 0.717) is 12.1 Å². The quantitative estimate of drug-likeness (QED) is 0.588. The van der Waals surface area contributed by atoms with Crippen LogP contribution in [-0.2, 0) is 0 Å². The van der Waals surface area contributed by atoms with Crippen molar-refractivity contribution in [3.8, 4) is 5.75 Å². The molecule has 1 aromatic rings. The second-order valence-electron chi connectivity index (χ2n) is 2.46. The Morgan fingerprint density at radius 1 is 1.33 bits per heavy atom. The lowest BCUT2D eigenvalue weighted by Crippen LogP contribution is -2.17. The van der Waals surface area contributed by atoms with E-state index in [1.807, 2.05) is 0 Å². The second kappa shape index (κ2) is 4.06. The Balaban J connectivity index is 3.03. The maximum Gasteiger partial charge on any atom is 0.573 e. The molecule has 0 aliphatic heterocycles. The molecule has 0 bridgehead atoms. The second-order valence-corrected chi connectivity index (χ2v) is 2.81. The highest BCUT2D eigenvalue weighted by Crippen LogP contribution is 2.25. The van der Waals surface area contributed by atoms with Crippen LogP contribution >= 0.6 is 11.6 Å². The van der Waals surface area contributed by atoms with Gasteiger partial charge in [-0.05, 0) is 29.8 Å². The number of rotatable bonds is 2. The Bertz CT molecular complexity index is 389. The van der Waals surface area contributed by atoms with Crippen LogP contribution in [0.1, 0.15) is 10.4 Å². The first kappa shape index (κ1) is 11.8. The number of hydrogen-bond donors (Lipinski definition) is 0. The summed E-state index contributed by atoms with van der Waals surface area (Å²) in [5.74, 6) is -1.71. The summed E-state index contributed by atoms with van der Waals surface area (Å²) >= 11 is 4.94. The normalized spacial score (nSPS) is 11.3. The predicted molar refractivity (Wildman–Crippen MR) is 43.3 cm³/mol. The lowest BCUT2D eigenvalue weighted by atomic mass is 10.2. The molecular formula is C8H3ClF4O2. The molecular weight excluding hydrogens is 240 g/mol. The third-order valence-electron chi connectivity index (χ3n) is 1.38. The van der Waals surface area contributed by atoms with Gasteiger partial charge in [0.2, 0.25) is 0 Å². The zero-order valence-electron chi connectivity index (χ0n) is 6.94. The molecule has 1 rings (SSSR count). The van der Waals surface area contributed by atoms with Crippen molar-refractivity contribution in [2.24, 2.45) is 0 Å². The lowest BCUT2D eigenvalue weighted by Gasteiger charge is -2.09. The molecule has 0 heterocycles. The molecule has 0 spiro atoms. The highest BCUT2D eigenvalue weighted by molar-refractivity contribution is 6.67. The van der Waals surface area contributed by atoms with E-state index in [4.69, 9.17) is 11.6 Å². The fourth-order valence-corrected chi connectivity index (χ4v) is 0.997. The van der Waals surface area contributed by atoms with Gasteiger partial charge < -0.3 is 4.74 Å². The molecule has 0 aliphatic rings. The molecule has 0 aromatic heterocycles. The fraction of sp³-hybridized carbons (Fsp3) is 0.125. The molecule has 7 heteroatoms. The number of hydrogen-bond acceptors (Lipinski definition) is 2. The molecule has 0 fully saturated rings. The molecule has 0 unspecified atom stereocenters. The minimum Gasteiger partial charge on any atom is -0.406 e. The van der Waals surface area contributed by atoms with Crippen molar-refractivity contribution in [3.05, 3.63) is 29.6 Å². The van der Waals surface area contributed by atoms with Crippen LogP contribution in [0, 0.1) is 5.82 Å². The van der Waals surface area contributed by atoms with Crippen LogP contribution in [-0.4, -0.2) is 11.6 Å². The molecule has 0 saturated heterocycles. The van der Waals surface area contributed by atoms with Crippen LogP contribution in [0.4, 0.5) is 17.6 Å². The van der Waals surface area contributed by atoms with Crippen LogP contribution in [0.5, 0.6) is 5.75 Å². The fourth-order valence-electron chi connectivity index (χ4n) is 0.852. The minimum absolute atomic E-state index is 0.582. The van der Waals surface area contributed by atoms with Crippen LogP contribution in [0.3, 0.4) is 0 Å². The predicted octanol–water partition coefficient (Wildman–Crippen LogP) is 3.10. The summed E-state index contributed by atoms with van der Waals surface area (Å²) in [5.41, 5.74) is -0.668. The van der Waals surface area contributed by atoms with E-state index in [2.05, 4.69) is 4.74 Å². The van der Waals surface area contributed by atoms with Crippen LogP contribution in [0.2, 0.25) is 0 Å². The van der Waals surface area contributed by atoms with Gasteiger partial charge in [-0.15, -0.1) is 13.2 Å². The Kier molecular flexibility index (Phi) is 3.18. The number of alkyl halides is 3. The molecule has 15 heavy (non-hydrogen) atoms. The van der Waals surface area contributed by atoms with Gasteiger partial charge in [0.1, 0.15) is 11.6 Å². The Morgan fingerprint density at radius 3 is 2.40 bits per heavy atom. The minimum atomic E-state index is -4.90. The average Bonchev–Trinajstić information content (AvgIpc) is 2.05. The lowest BCUT2D eigenvalue weighted by molar-refractivity contribution is -0.274. The first-order chi connectivity index (χ1) is 6.79. The Labute approximate surface area is 86.4 Å². The summed E-state index contributed by atoms with van der Waals surface area (Å²) in [7, 11) is 0. The molecule has 2 nitrogen and oxygen atoms in total. The molecule has 0 radical (unpaired) electrons. The summed E-state index contributed by atoms with van der Waals surface area (Å²) in [6.07, 6.45) is -4.90. The molecule has 0 N–H and O–H groups in total. The molecule has 0 atom stereocenters. The van der Waals surface area contributed by atoms with Crippen molar-refractivity contribution >= 4 is 16.8 Å². The zero-order valence-corrected chi connectivity index (χ0v) is 7.69. The van der Waals surface area contributed by atoms with Crippen molar-refractivity contribution in [1.29, 1.82) is 0 Å². The SMILES string of the molecule is O=C(Cl)c1cc(OC(F)(F)F)ccc1F. The Morgan fingerprint density at radius 2 is 1.93 bits per heavy atom. The smallest absolute Gasteiger partial charge is 0.406 e. The van der Waals surface area contributed by atoms with E-state index in [0.717, 1.165) is 6.07 Å². The van der Waals surface area contributed by atoms with E-state index >= 15 is 0 Å².